The summed E-state index contributed by atoms with van der Waals surface area (Å²) in [4.78, 5) is 17.9. The zero-order valence-electron chi connectivity index (χ0n) is 22.1. The summed E-state index contributed by atoms with van der Waals surface area (Å²) in [6.45, 7) is -0.0874. The maximum absolute atomic E-state index is 13.8. The van der Waals surface area contributed by atoms with E-state index in [1.54, 1.807) is 43.6 Å². The standard InChI is InChI=1S/C28H28ClFN4O6/c1-34-16-26(32-33-34)28(37,11-10-21(36)17-5-7-22(40-13-12-35)24(15-17)39-3)25-9-8-23(38-2)27(31-25)18-4-6-20(30)19(29)14-18/h4-9,14-16,35,37H,10-13H2,1-3H3. The van der Waals surface area contributed by atoms with Gasteiger partial charge >= 0.3 is 0 Å². The predicted molar refractivity (Wildman–Crippen MR) is 144 cm³/mol. The lowest BCUT2D eigenvalue weighted by Gasteiger charge is -2.26. The van der Waals surface area contributed by atoms with Crippen molar-refractivity contribution in [2.45, 2.75) is 18.4 Å². The minimum atomic E-state index is -1.82. The fourth-order valence-electron chi connectivity index (χ4n) is 4.17. The molecule has 0 radical (unpaired) electrons. The van der Waals surface area contributed by atoms with Crippen LogP contribution in [0.3, 0.4) is 0 Å². The summed E-state index contributed by atoms with van der Waals surface area (Å²) in [5.41, 5.74) is -0.310. The third-order valence-corrected chi connectivity index (χ3v) is 6.56. The van der Waals surface area contributed by atoms with Crippen LogP contribution in [0.1, 0.15) is 34.6 Å². The first-order chi connectivity index (χ1) is 19.2. The molecule has 0 saturated carbocycles. The van der Waals surface area contributed by atoms with Gasteiger partial charge < -0.3 is 24.4 Å². The quantitative estimate of drug-likeness (QED) is 0.243. The number of aliphatic hydroxyl groups excluding tert-OH is 1. The number of ketones is 1. The molecule has 40 heavy (non-hydrogen) atoms. The second-order valence-corrected chi connectivity index (χ2v) is 9.28. The molecule has 0 aliphatic carbocycles. The van der Waals surface area contributed by atoms with Crippen LogP contribution < -0.4 is 14.2 Å². The number of benzene rings is 2. The molecule has 0 spiro atoms. The Balaban J connectivity index is 1.69. The van der Waals surface area contributed by atoms with Crippen molar-refractivity contribution >= 4 is 17.4 Å². The van der Waals surface area contributed by atoms with E-state index in [2.05, 4.69) is 15.3 Å². The molecule has 2 heterocycles. The Hall–Kier alpha value is -4.06. The molecule has 2 aromatic heterocycles. The van der Waals surface area contributed by atoms with Crippen molar-refractivity contribution < 1.29 is 33.6 Å². The number of nitrogens with zero attached hydrogens (tertiary/aromatic N) is 4. The highest BCUT2D eigenvalue weighted by Crippen LogP contribution is 2.38. The van der Waals surface area contributed by atoms with Crippen molar-refractivity contribution in [1.29, 1.82) is 0 Å². The van der Waals surface area contributed by atoms with Gasteiger partial charge in [0.2, 0.25) is 0 Å². The molecule has 1 unspecified atom stereocenters. The molecule has 0 saturated heterocycles. The number of pyridine rings is 1. The molecule has 2 N–H and O–H groups in total. The van der Waals surface area contributed by atoms with Crippen molar-refractivity contribution in [1.82, 2.24) is 20.0 Å². The lowest BCUT2D eigenvalue weighted by atomic mass is 9.87. The Kier molecular flexibility index (Phi) is 8.98. The summed E-state index contributed by atoms with van der Waals surface area (Å²) in [5.74, 6) is 0.246. The number of ether oxygens (including phenoxy) is 3. The van der Waals surface area contributed by atoms with Crippen molar-refractivity contribution in [3.63, 3.8) is 0 Å². The number of aryl methyl sites for hydroxylation is 1. The molecule has 4 aromatic rings. The number of methoxy groups -OCH3 is 2. The van der Waals surface area contributed by atoms with Gasteiger partial charge in [-0.15, -0.1) is 5.10 Å². The number of hydrogen-bond acceptors (Lipinski definition) is 9. The third-order valence-electron chi connectivity index (χ3n) is 6.27. The van der Waals surface area contributed by atoms with E-state index >= 15 is 0 Å². The summed E-state index contributed by atoms with van der Waals surface area (Å²) >= 11 is 6.01. The molecule has 10 nitrogen and oxygen atoms in total. The summed E-state index contributed by atoms with van der Waals surface area (Å²) in [5, 5.41) is 29.0. The summed E-state index contributed by atoms with van der Waals surface area (Å²) in [6, 6.07) is 12.0. The lowest BCUT2D eigenvalue weighted by molar-refractivity contribution is 0.0560. The molecule has 210 valence electrons. The SMILES string of the molecule is COc1cc(C(=O)CCC(O)(c2cn(C)nn2)c2ccc(OC)c(-c3ccc(F)c(Cl)c3)n2)ccc1OCCO. The fraction of sp³-hybridized carbons (Fsp3) is 0.286. The minimum absolute atomic E-state index is 0.0791. The van der Waals surface area contributed by atoms with E-state index in [4.69, 9.17) is 30.9 Å². The largest absolute Gasteiger partial charge is 0.494 e. The van der Waals surface area contributed by atoms with Gasteiger partial charge in [0.1, 0.15) is 29.6 Å². The van der Waals surface area contributed by atoms with Gasteiger partial charge in [-0.3, -0.25) is 9.48 Å². The van der Waals surface area contributed by atoms with Crippen molar-refractivity contribution in [3.8, 4) is 28.5 Å². The third kappa shape index (κ3) is 6.06. The van der Waals surface area contributed by atoms with Gasteiger partial charge in [0.25, 0.3) is 0 Å². The van der Waals surface area contributed by atoms with Gasteiger partial charge in [0, 0.05) is 24.6 Å². The van der Waals surface area contributed by atoms with E-state index in [1.807, 2.05) is 0 Å². The molecular formula is C28H28ClFN4O6. The molecule has 0 amide bonds. The van der Waals surface area contributed by atoms with Gasteiger partial charge in [0.05, 0.1) is 37.7 Å². The van der Waals surface area contributed by atoms with Crippen LogP contribution in [0.5, 0.6) is 17.2 Å². The maximum atomic E-state index is 13.8. The van der Waals surface area contributed by atoms with E-state index in [9.17, 15) is 14.3 Å². The first-order valence-electron chi connectivity index (χ1n) is 12.2. The molecule has 1 atom stereocenters. The second-order valence-electron chi connectivity index (χ2n) is 8.87. The topological polar surface area (TPSA) is 129 Å². The summed E-state index contributed by atoms with van der Waals surface area (Å²) in [6.07, 6.45) is 1.37. The van der Waals surface area contributed by atoms with Crippen LogP contribution in [-0.4, -0.2) is 63.4 Å². The van der Waals surface area contributed by atoms with Gasteiger partial charge in [0.15, 0.2) is 22.9 Å². The number of aliphatic hydroxyl groups is 2. The summed E-state index contributed by atoms with van der Waals surface area (Å²) < 4.78 is 31.5. The van der Waals surface area contributed by atoms with Crippen LogP contribution in [0, 0.1) is 5.82 Å². The Bertz CT molecular complexity index is 1510. The van der Waals surface area contributed by atoms with Crippen LogP contribution >= 0.6 is 11.6 Å². The smallest absolute Gasteiger partial charge is 0.163 e. The Morgan fingerprint density at radius 1 is 1.05 bits per heavy atom. The molecular weight excluding hydrogens is 543 g/mol. The van der Waals surface area contributed by atoms with E-state index in [0.717, 1.165) is 0 Å². The Labute approximate surface area is 234 Å². The highest BCUT2D eigenvalue weighted by molar-refractivity contribution is 6.31. The van der Waals surface area contributed by atoms with Crippen LogP contribution in [0.25, 0.3) is 11.3 Å². The number of carbonyl (C=O) groups is 1. The van der Waals surface area contributed by atoms with Crippen molar-refractivity contribution in [2.24, 2.45) is 7.05 Å². The minimum Gasteiger partial charge on any atom is -0.494 e. The average molecular weight is 571 g/mol. The molecule has 4 rings (SSSR count). The molecule has 0 bridgehead atoms. The first kappa shape index (κ1) is 28.9. The molecule has 0 fully saturated rings. The highest BCUT2D eigenvalue weighted by atomic mass is 35.5. The van der Waals surface area contributed by atoms with Gasteiger partial charge in [-0.2, -0.15) is 0 Å². The number of Topliss-reactive ketones (excluding diaryl/α,β-unsaturated/α-hetero) is 1. The molecule has 2 aromatic carbocycles. The number of carbonyl (C=O) groups excluding carboxylic acids is 1. The van der Waals surface area contributed by atoms with Gasteiger partial charge in [-0.05, 0) is 55.0 Å². The number of halogens is 2. The van der Waals surface area contributed by atoms with Crippen LogP contribution in [0.2, 0.25) is 5.02 Å². The average Bonchev–Trinajstić information content (AvgIpc) is 3.42. The first-order valence-corrected chi connectivity index (χ1v) is 12.6. The Morgan fingerprint density at radius 2 is 1.80 bits per heavy atom. The molecule has 0 aliphatic rings. The molecule has 12 heteroatoms. The van der Waals surface area contributed by atoms with Crippen molar-refractivity contribution in [3.05, 3.63) is 82.5 Å². The predicted octanol–water partition coefficient (Wildman–Crippen LogP) is 3.96. The molecule has 0 aliphatic heterocycles. The number of rotatable bonds is 12. The van der Waals surface area contributed by atoms with E-state index in [0.29, 0.717) is 34.1 Å². The van der Waals surface area contributed by atoms with Gasteiger partial charge in [-0.25, -0.2) is 9.37 Å². The van der Waals surface area contributed by atoms with Crippen LogP contribution in [0.15, 0.2) is 54.7 Å². The fourth-order valence-corrected chi connectivity index (χ4v) is 4.35. The van der Waals surface area contributed by atoms with E-state index in [1.165, 1.54) is 37.1 Å². The van der Waals surface area contributed by atoms with Gasteiger partial charge in [-0.1, -0.05) is 16.8 Å². The monoisotopic (exact) mass is 570 g/mol. The number of aromatic nitrogens is 4. The highest BCUT2D eigenvalue weighted by Gasteiger charge is 2.37. The normalized spacial score (nSPS) is 12.6. The maximum Gasteiger partial charge on any atom is 0.163 e. The second kappa shape index (κ2) is 12.4. The number of hydrogen-bond donors (Lipinski definition) is 2. The zero-order chi connectivity index (χ0) is 28.9. The summed E-state index contributed by atoms with van der Waals surface area (Å²) in [7, 11) is 4.57. The Morgan fingerprint density at radius 3 is 2.45 bits per heavy atom. The zero-order valence-corrected chi connectivity index (χ0v) is 22.9. The van der Waals surface area contributed by atoms with Crippen LogP contribution in [0.4, 0.5) is 4.39 Å². The van der Waals surface area contributed by atoms with E-state index in [-0.39, 0.29) is 48.2 Å². The van der Waals surface area contributed by atoms with Crippen molar-refractivity contribution in [2.75, 3.05) is 27.4 Å². The van der Waals surface area contributed by atoms with Crippen LogP contribution in [-0.2, 0) is 12.6 Å². The van der Waals surface area contributed by atoms with E-state index < -0.39 is 11.4 Å². The lowest BCUT2D eigenvalue weighted by Crippen LogP contribution is -2.30.